The van der Waals surface area contributed by atoms with E-state index in [-0.39, 0.29) is 24.8 Å². The maximum Gasteiger partial charge on any atom is 0.416 e. The van der Waals surface area contributed by atoms with Crippen molar-refractivity contribution in [2.45, 2.75) is 57.2 Å². The second-order valence-electron chi connectivity index (χ2n) is 8.61. The second-order valence-corrected chi connectivity index (χ2v) is 8.61. The average molecular weight is 437 g/mol. The van der Waals surface area contributed by atoms with Crippen molar-refractivity contribution in [3.8, 4) is 6.07 Å². The highest BCUT2D eigenvalue weighted by Crippen LogP contribution is 2.31. The van der Waals surface area contributed by atoms with Gasteiger partial charge in [-0.15, -0.1) is 0 Å². The Bertz CT molecular complexity index is 744. The van der Waals surface area contributed by atoms with Crippen LogP contribution in [0.4, 0.5) is 18.9 Å². The standard InChI is InChI=1S/C23H31F3N4O/c24-23(25,26)19-5-9-21(10-6-19)30-16-14-29(15-17-30)13-11-18-3-7-20(8-4-18)28-22(31)2-1-12-27/h5-6,9-10,18,20H,1-4,7-8,11,13-17H2,(H,28,31)/t18-,20-. The Kier molecular flexibility index (Phi) is 8.19. The van der Waals surface area contributed by atoms with Crippen LogP contribution in [0.5, 0.6) is 0 Å². The van der Waals surface area contributed by atoms with Crippen LogP contribution in [0.25, 0.3) is 0 Å². The van der Waals surface area contributed by atoms with E-state index in [1.165, 1.54) is 0 Å². The molecule has 0 aromatic heterocycles. The molecule has 2 aliphatic rings. The number of carbonyl (C=O) groups excluding carboxylic acids is 1. The Morgan fingerprint density at radius 1 is 1.06 bits per heavy atom. The molecule has 3 rings (SSSR count). The predicted molar refractivity (Wildman–Crippen MR) is 113 cm³/mol. The van der Waals surface area contributed by atoms with E-state index in [0.717, 1.165) is 82.6 Å². The van der Waals surface area contributed by atoms with E-state index in [2.05, 4.69) is 15.1 Å². The van der Waals surface area contributed by atoms with Gasteiger partial charge in [-0.05, 0) is 68.8 Å². The highest BCUT2D eigenvalue weighted by Gasteiger charge is 2.30. The van der Waals surface area contributed by atoms with Crippen molar-refractivity contribution in [2.24, 2.45) is 5.92 Å². The Morgan fingerprint density at radius 2 is 1.71 bits per heavy atom. The van der Waals surface area contributed by atoms with Crippen molar-refractivity contribution in [1.82, 2.24) is 10.2 Å². The lowest BCUT2D eigenvalue weighted by Crippen LogP contribution is -2.47. The van der Waals surface area contributed by atoms with E-state index < -0.39 is 11.7 Å². The van der Waals surface area contributed by atoms with Crippen molar-refractivity contribution in [3.63, 3.8) is 0 Å². The summed E-state index contributed by atoms with van der Waals surface area (Å²) in [6.45, 7) is 4.54. The number of anilines is 1. The first kappa shape index (κ1) is 23.4. The first-order valence-corrected chi connectivity index (χ1v) is 11.2. The van der Waals surface area contributed by atoms with Gasteiger partial charge in [-0.1, -0.05) is 0 Å². The highest BCUT2D eigenvalue weighted by atomic mass is 19.4. The maximum absolute atomic E-state index is 12.7. The van der Waals surface area contributed by atoms with E-state index in [0.29, 0.717) is 5.92 Å². The van der Waals surface area contributed by atoms with Crippen LogP contribution < -0.4 is 10.2 Å². The minimum absolute atomic E-state index is 0.0177. The largest absolute Gasteiger partial charge is 0.416 e. The fourth-order valence-electron chi connectivity index (χ4n) is 4.52. The van der Waals surface area contributed by atoms with Crippen LogP contribution >= 0.6 is 0 Å². The highest BCUT2D eigenvalue weighted by molar-refractivity contribution is 5.76. The number of nitrogens with zero attached hydrogens (tertiary/aromatic N) is 3. The van der Waals surface area contributed by atoms with Crippen molar-refractivity contribution in [2.75, 3.05) is 37.6 Å². The molecular weight excluding hydrogens is 405 g/mol. The normalized spacial score (nSPS) is 22.7. The number of nitriles is 1. The Balaban J connectivity index is 1.33. The molecule has 1 saturated heterocycles. The van der Waals surface area contributed by atoms with Gasteiger partial charge in [0.15, 0.2) is 0 Å². The number of piperazine rings is 1. The van der Waals surface area contributed by atoms with Crippen LogP contribution in [0.15, 0.2) is 24.3 Å². The number of carbonyl (C=O) groups is 1. The molecule has 0 radical (unpaired) electrons. The molecule has 31 heavy (non-hydrogen) atoms. The van der Waals surface area contributed by atoms with E-state index in [1.807, 2.05) is 6.07 Å². The third-order valence-corrected chi connectivity index (χ3v) is 6.46. The molecule has 1 aliphatic carbocycles. The van der Waals surface area contributed by atoms with Gasteiger partial charge >= 0.3 is 6.18 Å². The summed E-state index contributed by atoms with van der Waals surface area (Å²) in [5.41, 5.74) is 0.245. The molecule has 0 atom stereocenters. The van der Waals surface area contributed by atoms with Crippen LogP contribution in [0, 0.1) is 17.2 Å². The Labute approximate surface area is 182 Å². The molecular formula is C23H31F3N4O. The van der Waals surface area contributed by atoms with Crippen LogP contribution in [-0.2, 0) is 11.0 Å². The van der Waals surface area contributed by atoms with E-state index >= 15 is 0 Å². The molecule has 1 saturated carbocycles. The molecule has 1 aromatic carbocycles. The smallest absolute Gasteiger partial charge is 0.369 e. The summed E-state index contributed by atoms with van der Waals surface area (Å²) in [5.74, 6) is 0.663. The number of amides is 1. The Hall–Kier alpha value is -2.27. The van der Waals surface area contributed by atoms with Gasteiger partial charge in [0.1, 0.15) is 0 Å². The lowest BCUT2D eigenvalue weighted by atomic mass is 9.84. The van der Waals surface area contributed by atoms with Gasteiger partial charge in [-0.25, -0.2) is 0 Å². The Morgan fingerprint density at radius 3 is 2.29 bits per heavy atom. The zero-order chi connectivity index (χ0) is 22.3. The van der Waals surface area contributed by atoms with Gasteiger partial charge in [0.2, 0.25) is 5.91 Å². The lowest BCUT2D eigenvalue weighted by Gasteiger charge is -2.37. The summed E-state index contributed by atoms with van der Waals surface area (Å²) in [6.07, 6.45) is 1.66. The van der Waals surface area contributed by atoms with Gasteiger partial charge in [0.25, 0.3) is 0 Å². The quantitative estimate of drug-likeness (QED) is 0.696. The minimum Gasteiger partial charge on any atom is -0.369 e. The van der Waals surface area contributed by atoms with E-state index in [4.69, 9.17) is 5.26 Å². The predicted octanol–water partition coefficient (Wildman–Crippen LogP) is 4.20. The summed E-state index contributed by atoms with van der Waals surface area (Å²) >= 11 is 0. The molecule has 8 heteroatoms. The number of hydrogen-bond acceptors (Lipinski definition) is 4. The molecule has 1 N–H and O–H groups in total. The monoisotopic (exact) mass is 436 g/mol. The molecule has 5 nitrogen and oxygen atoms in total. The van der Waals surface area contributed by atoms with Crippen molar-refractivity contribution < 1.29 is 18.0 Å². The van der Waals surface area contributed by atoms with Gasteiger partial charge in [-0.2, -0.15) is 18.4 Å². The molecule has 1 amide bonds. The van der Waals surface area contributed by atoms with Gasteiger partial charge in [0.05, 0.1) is 11.6 Å². The fraction of sp³-hybridized carbons (Fsp3) is 0.652. The van der Waals surface area contributed by atoms with Crippen LogP contribution in [0.1, 0.15) is 50.5 Å². The third-order valence-electron chi connectivity index (χ3n) is 6.46. The average Bonchev–Trinajstić information content (AvgIpc) is 2.77. The van der Waals surface area contributed by atoms with Crippen molar-refractivity contribution in [1.29, 1.82) is 5.26 Å². The number of nitrogens with one attached hydrogen (secondary N) is 1. The molecule has 0 bridgehead atoms. The van der Waals surface area contributed by atoms with Gasteiger partial charge in [0, 0.05) is 50.7 Å². The SMILES string of the molecule is N#CCCC(=O)N[C@H]1CC[C@H](CCN2CCN(c3ccc(C(F)(F)F)cc3)CC2)CC1. The number of hydrogen-bond donors (Lipinski definition) is 1. The summed E-state index contributed by atoms with van der Waals surface area (Å²) in [7, 11) is 0. The van der Waals surface area contributed by atoms with E-state index in [1.54, 1.807) is 12.1 Å². The summed E-state index contributed by atoms with van der Waals surface area (Å²) in [5, 5.41) is 11.6. The first-order valence-electron chi connectivity index (χ1n) is 11.2. The zero-order valence-electron chi connectivity index (χ0n) is 17.8. The van der Waals surface area contributed by atoms with Crippen LogP contribution in [0.3, 0.4) is 0 Å². The molecule has 1 aromatic rings. The van der Waals surface area contributed by atoms with Crippen LogP contribution in [0.2, 0.25) is 0 Å². The molecule has 1 heterocycles. The van der Waals surface area contributed by atoms with Gasteiger partial charge in [-0.3, -0.25) is 9.69 Å². The van der Waals surface area contributed by atoms with Crippen LogP contribution in [-0.4, -0.2) is 49.6 Å². The number of alkyl halides is 3. The number of halogens is 3. The summed E-state index contributed by atoms with van der Waals surface area (Å²) in [4.78, 5) is 16.3. The first-order chi connectivity index (χ1) is 14.8. The maximum atomic E-state index is 12.7. The topological polar surface area (TPSA) is 59.4 Å². The van der Waals surface area contributed by atoms with Crippen molar-refractivity contribution in [3.05, 3.63) is 29.8 Å². The lowest BCUT2D eigenvalue weighted by molar-refractivity contribution is -0.137. The summed E-state index contributed by atoms with van der Waals surface area (Å²) in [6, 6.07) is 7.69. The molecule has 0 unspecified atom stereocenters. The molecule has 170 valence electrons. The molecule has 2 fully saturated rings. The third kappa shape index (κ3) is 7.13. The zero-order valence-corrected chi connectivity index (χ0v) is 17.8. The minimum atomic E-state index is -4.29. The number of rotatable bonds is 7. The molecule has 0 spiro atoms. The summed E-state index contributed by atoms with van der Waals surface area (Å²) < 4.78 is 38.2. The second kappa shape index (κ2) is 10.9. The van der Waals surface area contributed by atoms with Gasteiger partial charge < -0.3 is 10.2 Å². The fourth-order valence-corrected chi connectivity index (χ4v) is 4.52. The molecule has 1 aliphatic heterocycles. The number of benzene rings is 1. The van der Waals surface area contributed by atoms with E-state index in [9.17, 15) is 18.0 Å². The van der Waals surface area contributed by atoms with Crippen molar-refractivity contribution >= 4 is 11.6 Å².